The second-order valence-corrected chi connectivity index (χ2v) is 11.5. The Labute approximate surface area is 221 Å². The van der Waals surface area contributed by atoms with E-state index in [1.54, 1.807) is 51.9 Å². The van der Waals surface area contributed by atoms with E-state index >= 15 is 0 Å². The number of anilines is 1. The number of hydrogen-bond acceptors (Lipinski definition) is 6. The number of carbonyl (C=O) groups excluding carboxylic acids is 3. The number of para-hydroxylation sites is 1. The summed E-state index contributed by atoms with van der Waals surface area (Å²) < 4.78 is 4.81. The summed E-state index contributed by atoms with van der Waals surface area (Å²) in [5.41, 5.74) is 0.560. The van der Waals surface area contributed by atoms with Crippen molar-refractivity contribution in [1.82, 2.24) is 4.90 Å². The van der Waals surface area contributed by atoms with Crippen molar-refractivity contribution in [2.75, 3.05) is 31.2 Å². The summed E-state index contributed by atoms with van der Waals surface area (Å²) >= 11 is 8.08. The van der Waals surface area contributed by atoms with Gasteiger partial charge in [0.1, 0.15) is 6.04 Å². The molecule has 3 heterocycles. The average molecular weight is 533 g/mol. The molecule has 1 N–H and O–H groups in total. The molecule has 0 radical (unpaired) electrons. The van der Waals surface area contributed by atoms with Crippen molar-refractivity contribution in [2.45, 2.75) is 48.1 Å². The highest BCUT2D eigenvalue weighted by molar-refractivity contribution is 8.02. The summed E-state index contributed by atoms with van der Waals surface area (Å²) in [6.07, 6.45) is 6.37. The SMILES string of the molecule is C=CCCOC(=O)[C@@H]1[C@H]2C(=O)N(CCCCO)C(C(=O)N(CC=C)c3ccccc3Cl)C23CC[C@H]1S3. The number of carbonyl (C=O) groups is 3. The van der Waals surface area contributed by atoms with E-state index < -0.39 is 22.6 Å². The molecule has 36 heavy (non-hydrogen) atoms. The number of esters is 1. The lowest BCUT2D eigenvalue weighted by Gasteiger charge is -2.37. The van der Waals surface area contributed by atoms with Crippen molar-refractivity contribution in [3.8, 4) is 0 Å². The van der Waals surface area contributed by atoms with E-state index in [-0.39, 0.29) is 42.8 Å². The van der Waals surface area contributed by atoms with Crippen molar-refractivity contribution >= 4 is 46.8 Å². The van der Waals surface area contributed by atoms with Gasteiger partial charge < -0.3 is 19.6 Å². The number of hydrogen-bond donors (Lipinski definition) is 1. The van der Waals surface area contributed by atoms with Gasteiger partial charge in [-0.15, -0.1) is 24.9 Å². The van der Waals surface area contributed by atoms with Crippen LogP contribution in [-0.4, -0.2) is 70.1 Å². The van der Waals surface area contributed by atoms with Crippen LogP contribution < -0.4 is 4.90 Å². The molecule has 1 spiro atoms. The molecule has 5 atom stereocenters. The van der Waals surface area contributed by atoms with E-state index in [0.29, 0.717) is 42.9 Å². The minimum Gasteiger partial charge on any atom is -0.465 e. The molecule has 2 bridgehead atoms. The number of aliphatic hydroxyl groups is 1. The summed E-state index contributed by atoms with van der Waals surface area (Å²) in [6, 6.07) is 6.38. The molecule has 3 saturated heterocycles. The van der Waals surface area contributed by atoms with Gasteiger partial charge in [-0.1, -0.05) is 35.9 Å². The van der Waals surface area contributed by atoms with Gasteiger partial charge in [0, 0.05) is 24.9 Å². The number of nitrogens with zero attached hydrogens (tertiary/aromatic N) is 2. The van der Waals surface area contributed by atoms with E-state index in [1.807, 2.05) is 6.07 Å². The summed E-state index contributed by atoms with van der Waals surface area (Å²) in [5.74, 6) is -1.96. The Balaban J connectivity index is 1.72. The third-order valence-electron chi connectivity index (χ3n) is 7.40. The largest absolute Gasteiger partial charge is 0.465 e. The number of halogens is 1. The van der Waals surface area contributed by atoms with Crippen molar-refractivity contribution in [2.24, 2.45) is 11.8 Å². The molecule has 3 fully saturated rings. The van der Waals surface area contributed by atoms with Gasteiger partial charge in [0.05, 0.1) is 33.9 Å². The molecule has 4 rings (SSSR count). The van der Waals surface area contributed by atoms with Crippen molar-refractivity contribution < 1.29 is 24.2 Å². The van der Waals surface area contributed by atoms with Gasteiger partial charge in [-0.05, 0) is 44.2 Å². The van der Waals surface area contributed by atoms with Gasteiger partial charge in [0.25, 0.3) is 5.91 Å². The number of amides is 2. The number of thioether (sulfide) groups is 1. The van der Waals surface area contributed by atoms with E-state index in [4.69, 9.17) is 16.3 Å². The fourth-order valence-corrected chi connectivity index (χ4v) is 8.37. The Bertz CT molecular complexity index is 1040. The van der Waals surface area contributed by atoms with Gasteiger partial charge in [0.2, 0.25) is 5.91 Å². The van der Waals surface area contributed by atoms with Crippen LogP contribution in [0.25, 0.3) is 0 Å². The van der Waals surface area contributed by atoms with Crippen LogP contribution in [0.15, 0.2) is 49.6 Å². The second-order valence-electron chi connectivity index (χ2n) is 9.45. The maximum absolute atomic E-state index is 14.3. The number of rotatable bonds is 12. The first-order valence-corrected chi connectivity index (χ1v) is 13.7. The smallest absolute Gasteiger partial charge is 0.310 e. The van der Waals surface area contributed by atoms with Crippen molar-refractivity contribution in [1.29, 1.82) is 0 Å². The van der Waals surface area contributed by atoms with E-state index in [2.05, 4.69) is 13.2 Å². The van der Waals surface area contributed by atoms with E-state index in [0.717, 1.165) is 6.42 Å². The minimum absolute atomic E-state index is 0.00645. The highest BCUT2D eigenvalue weighted by atomic mass is 35.5. The number of ether oxygens (including phenoxy) is 1. The fourth-order valence-electron chi connectivity index (χ4n) is 5.93. The molecule has 1 aromatic rings. The van der Waals surface area contributed by atoms with Gasteiger partial charge >= 0.3 is 5.97 Å². The molecule has 0 aliphatic carbocycles. The lowest BCUT2D eigenvalue weighted by atomic mass is 9.71. The van der Waals surface area contributed by atoms with Crippen LogP contribution in [0.1, 0.15) is 32.1 Å². The highest BCUT2D eigenvalue weighted by Crippen LogP contribution is 2.66. The second kappa shape index (κ2) is 11.4. The molecule has 9 heteroatoms. The first-order valence-electron chi connectivity index (χ1n) is 12.4. The number of fused-ring (bicyclic) bond motifs is 1. The molecule has 1 aromatic carbocycles. The lowest BCUT2D eigenvalue weighted by molar-refractivity contribution is -0.154. The Hall–Kier alpha value is -2.29. The van der Waals surface area contributed by atoms with Crippen LogP contribution in [0.5, 0.6) is 0 Å². The lowest BCUT2D eigenvalue weighted by Crippen LogP contribution is -2.55. The van der Waals surface area contributed by atoms with E-state index in [9.17, 15) is 19.5 Å². The Morgan fingerprint density at radius 3 is 2.75 bits per heavy atom. The molecule has 3 aliphatic rings. The first-order chi connectivity index (χ1) is 17.4. The van der Waals surface area contributed by atoms with Gasteiger partial charge in [0.15, 0.2) is 0 Å². The Kier molecular flexibility index (Phi) is 8.48. The third-order valence-corrected chi connectivity index (χ3v) is 9.67. The van der Waals surface area contributed by atoms with Gasteiger partial charge in [-0.2, -0.15) is 0 Å². The number of unbranched alkanes of at least 4 members (excludes halogenated alkanes) is 1. The summed E-state index contributed by atoms with van der Waals surface area (Å²) in [5, 5.41) is 9.70. The van der Waals surface area contributed by atoms with Crippen molar-refractivity contribution in [3.05, 3.63) is 54.6 Å². The zero-order valence-corrected chi connectivity index (χ0v) is 21.9. The predicted octanol–water partition coefficient (Wildman–Crippen LogP) is 3.84. The first kappa shape index (κ1) is 26.8. The molecule has 0 saturated carbocycles. The number of benzene rings is 1. The van der Waals surface area contributed by atoms with Crippen LogP contribution in [-0.2, 0) is 19.1 Å². The molecule has 0 aromatic heterocycles. The fraction of sp³-hybridized carbons (Fsp3) is 0.519. The Morgan fingerprint density at radius 1 is 1.28 bits per heavy atom. The van der Waals surface area contributed by atoms with Gasteiger partial charge in [-0.3, -0.25) is 14.4 Å². The molecule has 3 aliphatic heterocycles. The Morgan fingerprint density at radius 2 is 2.06 bits per heavy atom. The molecular weight excluding hydrogens is 500 g/mol. The van der Waals surface area contributed by atoms with Crippen LogP contribution in [0.3, 0.4) is 0 Å². The summed E-state index contributed by atoms with van der Waals surface area (Å²) in [6.45, 7) is 8.29. The van der Waals surface area contributed by atoms with E-state index in [1.165, 1.54) is 0 Å². The predicted molar refractivity (Wildman–Crippen MR) is 142 cm³/mol. The zero-order valence-electron chi connectivity index (χ0n) is 20.3. The topological polar surface area (TPSA) is 87.1 Å². The maximum Gasteiger partial charge on any atom is 0.310 e. The third kappa shape index (κ3) is 4.59. The molecule has 2 amide bonds. The highest BCUT2D eigenvalue weighted by Gasteiger charge is 2.74. The van der Waals surface area contributed by atoms with Crippen LogP contribution in [0.4, 0.5) is 5.69 Å². The number of aliphatic hydroxyl groups excluding tert-OH is 1. The average Bonchev–Trinajstić information content (AvgIpc) is 3.51. The monoisotopic (exact) mass is 532 g/mol. The van der Waals surface area contributed by atoms with Crippen LogP contribution in [0, 0.1) is 11.8 Å². The normalized spacial score (nSPS) is 28.2. The van der Waals surface area contributed by atoms with Crippen LogP contribution in [0.2, 0.25) is 5.02 Å². The summed E-state index contributed by atoms with van der Waals surface area (Å²) in [7, 11) is 0. The molecule has 194 valence electrons. The number of likely N-dealkylation sites (tertiary alicyclic amines) is 1. The molecular formula is C27H33ClN2O5S. The molecule has 7 nitrogen and oxygen atoms in total. The standard InChI is InChI=1S/C27H33ClN2O5S/c1-3-5-17-35-26(34)21-20-12-13-27(36-20)22(21)24(32)30(15-8-9-16-31)23(27)25(33)29(14-4-2)19-11-7-6-10-18(19)28/h3-4,6-7,10-11,20-23,31H,1-2,5,8-9,12-17H2/t20-,21+,22+,23?,27?/m1/s1. The quantitative estimate of drug-likeness (QED) is 0.250. The zero-order chi connectivity index (χ0) is 25.9. The maximum atomic E-state index is 14.3. The van der Waals surface area contributed by atoms with Gasteiger partial charge in [-0.25, -0.2) is 0 Å². The summed E-state index contributed by atoms with van der Waals surface area (Å²) in [4.78, 5) is 44.6. The van der Waals surface area contributed by atoms with Crippen molar-refractivity contribution in [3.63, 3.8) is 0 Å². The van der Waals surface area contributed by atoms with Crippen LogP contribution >= 0.6 is 23.4 Å². The minimum atomic E-state index is -0.745. The molecule has 2 unspecified atom stereocenters.